The van der Waals surface area contributed by atoms with Crippen LogP contribution in [0.25, 0.3) is 5.95 Å². The maximum Gasteiger partial charge on any atom is 0.319 e. The summed E-state index contributed by atoms with van der Waals surface area (Å²) in [7, 11) is 0. The molecule has 0 saturated heterocycles. The third-order valence-electron chi connectivity index (χ3n) is 3.25. The number of nitrogens with zero attached hydrogens (tertiary/aromatic N) is 5. The first-order valence-electron chi connectivity index (χ1n) is 7.25. The second-order valence-electron chi connectivity index (χ2n) is 5.00. The lowest BCUT2D eigenvalue weighted by molar-refractivity contribution is 0.248. The van der Waals surface area contributed by atoms with Crippen LogP contribution in [0.5, 0.6) is 0 Å². The smallest absolute Gasteiger partial charge is 0.319 e. The molecule has 3 aromatic rings. The summed E-state index contributed by atoms with van der Waals surface area (Å²) in [5, 5.41) is 10.2. The number of carbonyl (C=O) groups is 1. The van der Waals surface area contributed by atoms with Gasteiger partial charge in [0, 0.05) is 12.4 Å². The first kappa shape index (κ1) is 17.1. The molecule has 1 aromatic carbocycles. The molecule has 2 N–H and O–H groups in total. The van der Waals surface area contributed by atoms with Crippen molar-refractivity contribution in [3.05, 3.63) is 58.9 Å². The Morgan fingerprint density at radius 3 is 2.48 bits per heavy atom. The zero-order valence-electron chi connectivity index (χ0n) is 13.0. The van der Waals surface area contributed by atoms with E-state index in [0.717, 1.165) is 0 Å². The molecule has 0 aliphatic rings. The number of hydrogen-bond donors (Lipinski definition) is 2. The van der Waals surface area contributed by atoms with E-state index < -0.39 is 12.1 Å². The molecular weight excluding hydrogens is 365 g/mol. The third kappa shape index (κ3) is 3.86. The first-order valence-corrected chi connectivity index (χ1v) is 8.00. The van der Waals surface area contributed by atoms with Gasteiger partial charge in [-0.2, -0.15) is 9.78 Å². The number of urea groups is 1. The van der Waals surface area contributed by atoms with Crippen LogP contribution in [0.2, 0.25) is 10.0 Å². The van der Waals surface area contributed by atoms with Gasteiger partial charge in [0.2, 0.25) is 0 Å². The van der Waals surface area contributed by atoms with Gasteiger partial charge in [0.25, 0.3) is 5.95 Å². The van der Waals surface area contributed by atoms with Gasteiger partial charge in [-0.3, -0.25) is 0 Å². The number of benzene rings is 1. The summed E-state index contributed by atoms with van der Waals surface area (Å²) in [6.07, 6.45) is 4.56. The van der Waals surface area contributed by atoms with E-state index in [9.17, 15) is 4.79 Å². The molecule has 10 heteroatoms. The molecule has 8 nitrogen and oxygen atoms in total. The SMILES string of the molecule is CC(NC(=O)Nc1c(Cl)cccc1Cl)c1ncnn1-c1ncccn1. The summed E-state index contributed by atoms with van der Waals surface area (Å²) in [6.45, 7) is 1.76. The van der Waals surface area contributed by atoms with E-state index in [-0.39, 0.29) is 0 Å². The number of amides is 2. The number of para-hydroxylation sites is 1. The molecule has 0 aliphatic heterocycles. The lowest BCUT2D eigenvalue weighted by Gasteiger charge is -2.15. The van der Waals surface area contributed by atoms with Gasteiger partial charge in [-0.25, -0.2) is 19.7 Å². The predicted octanol–water partition coefficient (Wildman–Crippen LogP) is 3.25. The minimum Gasteiger partial charge on any atom is -0.328 e. The molecule has 0 spiro atoms. The fourth-order valence-electron chi connectivity index (χ4n) is 2.13. The van der Waals surface area contributed by atoms with Crippen LogP contribution in [0.15, 0.2) is 43.0 Å². The second-order valence-corrected chi connectivity index (χ2v) is 5.81. The van der Waals surface area contributed by atoms with Crippen molar-refractivity contribution in [3.8, 4) is 5.95 Å². The van der Waals surface area contributed by atoms with Gasteiger partial charge in [-0.15, -0.1) is 0 Å². The standard InChI is InChI=1S/C15H13Cl2N7O/c1-9(13-20-8-21-24(13)14-18-6-3-7-19-14)22-15(25)23-12-10(16)4-2-5-11(12)17/h2-9H,1H3,(H2,22,23,25). The van der Waals surface area contributed by atoms with Gasteiger partial charge in [-0.1, -0.05) is 29.3 Å². The normalized spacial score (nSPS) is 11.8. The molecule has 1 unspecified atom stereocenters. The van der Waals surface area contributed by atoms with Crippen molar-refractivity contribution in [1.82, 2.24) is 30.0 Å². The number of nitrogens with one attached hydrogen (secondary N) is 2. The highest BCUT2D eigenvalue weighted by molar-refractivity contribution is 6.39. The van der Waals surface area contributed by atoms with Gasteiger partial charge in [0.05, 0.1) is 21.8 Å². The lowest BCUT2D eigenvalue weighted by atomic mass is 10.3. The van der Waals surface area contributed by atoms with E-state index in [1.54, 1.807) is 43.6 Å². The van der Waals surface area contributed by atoms with Crippen molar-refractivity contribution in [2.24, 2.45) is 0 Å². The van der Waals surface area contributed by atoms with E-state index >= 15 is 0 Å². The molecule has 0 saturated carbocycles. The van der Waals surface area contributed by atoms with Crippen molar-refractivity contribution < 1.29 is 4.79 Å². The molecule has 0 fully saturated rings. The zero-order chi connectivity index (χ0) is 17.8. The van der Waals surface area contributed by atoms with E-state index in [2.05, 4.69) is 30.7 Å². The van der Waals surface area contributed by atoms with Crippen molar-refractivity contribution >= 4 is 34.9 Å². The van der Waals surface area contributed by atoms with Crippen LogP contribution in [0.3, 0.4) is 0 Å². The van der Waals surface area contributed by atoms with Crippen LogP contribution in [-0.2, 0) is 0 Å². The maximum atomic E-state index is 12.2. The molecule has 0 bridgehead atoms. The molecule has 2 heterocycles. The minimum absolute atomic E-state index is 0.336. The van der Waals surface area contributed by atoms with E-state index in [1.807, 2.05) is 0 Å². The number of anilines is 1. The number of aromatic nitrogens is 5. The average Bonchev–Trinajstić information content (AvgIpc) is 3.09. The molecule has 3 rings (SSSR count). The molecular formula is C15H13Cl2N7O. The average molecular weight is 378 g/mol. The number of rotatable bonds is 4. The number of hydrogen-bond acceptors (Lipinski definition) is 5. The summed E-state index contributed by atoms with van der Waals surface area (Å²) >= 11 is 12.1. The van der Waals surface area contributed by atoms with Gasteiger partial charge in [0.15, 0.2) is 5.82 Å². The number of halogens is 2. The fourth-order valence-corrected chi connectivity index (χ4v) is 2.62. The highest BCUT2D eigenvalue weighted by Crippen LogP contribution is 2.29. The minimum atomic E-state index is -0.481. The van der Waals surface area contributed by atoms with Crippen LogP contribution in [-0.4, -0.2) is 30.8 Å². The van der Waals surface area contributed by atoms with E-state index in [4.69, 9.17) is 23.2 Å². The highest BCUT2D eigenvalue weighted by atomic mass is 35.5. The second kappa shape index (κ2) is 7.45. The summed E-state index contributed by atoms with van der Waals surface area (Å²) < 4.78 is 1.45. The Bertz CT molecular complexity index is 864. The summed E-state index contributed by atoms with van der Waals surface area (Å²) in [6, 6.07) is 5.71. The van der Waals surface area contributed by atoms with Gasteiger partial charge < -0.3 is 10.6 Å². The topological polar surface area (TPSA) is 97.6 Å². The molecule has 1 atom stereocenters. The molecule has 128 valence electrons. The predicted molar refractivity (Wildman–Crippen MR) is 94.0 cm³/mol. The van der Waals surface area contributed by atoms with Crippen molar-refractivity contribution in [1.29, 1.82) is 0 Å². The summed E-state index contributed by atoms with van der Waals surface area (Å²) in [5.74, 6) is 0.838. The van der Waals surface area contributed by atoms with Gasteiger partial charge in [-0.05, 0) is 25.1 Å². The molecule has 25 heavy (non-hydrogen) atoms. The Labute approximate surface area is 153 Å². The molecule has 2 aromatic heterocycles. The third-order valence-corrected chi connectivity index (χ3v) is 3.88. The summed E-state index contributed by atoms with van der Waals surface area (Å²) in [5.41, 5.74) is 0.336. The zero-order valence-corrected chi connectivity index (χ0v) is 14.5. The Morgan fingerprint density at radius 1 is 1.12 bits per heavy atom. The molecule has 0 aliphatic carbocycles. The fraction of sp³-hybridized carbons (Fsp3) is 0.133. The quantitative estimate of drug-likeness (QED) is 0.726. The highest BCUT2D eigenvalue weighted by Gasteiger charge is 2.18. The molecule has 2 amide bonds. The van der Waals surface area contributed by atoms with Crippen molar-refractivity contribution in [2.75, 3.05) is 5.32 Å². The van der Waals surface area contributed by atoms with E-state index in [0.29, 0.717) is 27.5 Å². The first-order chi connectivity index (χ1) is 12.1. The lowest BCUT2D eigenvalue weighted by Crippen LogP contribution is -2.33. The van der Waals surface area contributed by atoms with Gasteiger partial charge in [0.1, 0.15) is 6.33 Å². The van der Waals surface area contributed by atoms with Crippen LogP contribution in [0, 0.1) is 0 Å². The Balaban J connectivity index is 1.74. The largest absolute Gasteiger partial charge is 0.328 e. The Hall–Kier alpha value is -2.71. The summed E-state index contributed by atoms with van der Waals surface area (Å²) in [4.78, 5) is 24.6. The Kier molecular flexibility index (Phi) is 5.11. The van der Waals surface area contributed by atoms with Crippen LogP contribution >= 0.6 is 23.2 Å². The van der Waals surface area contributed by atoms with Crippen LogP contribution < -0.4 is 10.6 Å². The van der Waals surface area contributed by atoms with E-state index in [1.165, 1.54) is 11.0 Å². The van der Waals surface area contributed by atoms with Crippen molar-refractivity contribution in [2.45, 2.75) is 13.0 Å². The number of carbonyl (C=O) groups excluding carboxylic acids is 1. The molecule has 0 radical (unpaired) electrons. The Morgan fingerprint density at radius 2 is 1.80 bits per heavy atom. The van der Waals surface area contributed by atoms with Crippen molar-refractivity contribution in [3.63, 3.8) is 0 Å². The van der Waals surface area contributed by atoms with Crippen LogP contribution in [0.4, 0.5) is 10.5 Å². The maximum absolute atomic E-state index is 12.2. The van der Waals surface area contributed by atoms with Crippen LogP contribution in [0.1, 0.15) is 18.8 Å². The van der Waals surface area contributed by atoms with Gasteiger partial charge >= 0.3 is 6.03 Å². The monoisotopic (exact) mass is 377 g/mol.